The number of hydrogen-bond acceptors (Lipinski definition) is 7. The fourth-order valence-corrected chi connectivity index (χ4v) is 3.05. The van der Waals surface area contributed by atoms with Crippen molar-refractivity contribution in [2.75, 3.05) is 0 Å². The van der Waals surface area contributed by atoms with Crippen LogP contribution in [0.4, 0.5) is 0 Å². The molecule has 0 saturated carbocycles. The predicted octanol–water partition coefficient (Wildman–Crippen LogP) is 0.996. The Bertz CT molecular complexity index is 959. The standard InChI is InChI=1S/C18H15N5O3S/c19-17(25)16(24)13(10-11-6-8-20-9-7-11)21-18(26)15-14(22-27-23-15)12-4-2-1-3-5-12/h1-9,13H,10H2,(H2,19,25)(H,21,26). The van der Waals surface area contributed by atoms with Gasteiger partial charge in [-0.15, -0.1) is 0 Å². The van der Waals surface area contributed by atoms with E-state index >= 15 is 0 Å². The van der Waals surface area contributed by atoms with Gasteiger partial charge in [0.2, 0.25) is 5.78 Å². The molecule has 1 atom stereocenters. The highest BCUT2D eigenvalue weighted by molar-refractivity contribution is 6.99. The maximum absolute atomic E-state index is 12.7. The molecule has 0 radical (unpaired) electrons. The molecule has 2 aromatic heterocycles. The first-order valence-electron chi connectivity index (χ1n) is 7.97. The fourth-order valence-electron chi connectivity index (χ4n) is 2.49. The van der Waals surface area contributed by atoms with Gasteiger partial charge in [0.1, 0.15) is 11.7 Å². The maximum Gasteiger partial charge on any atom is 0.287 e. The summed E-state index contributed by atoms with van der Waals surface area (Å²) in [7, 11) is 0. The minimum Gasteiger partial charge on any atom is -0.363 e. The van der Waals surface area contributed by atoms with E-state index in [1.165, 1.54) is 0 Å². The lowest BCUT2D eigenvalue weighted by molar-refractivity contribution is -0.137. The van der Waals surface area contributed by atoms with Crippen LogP contribution in [0.1, 0.15) is 16.1 Å². The lowest BCUT2D eigenvalue weighted by Crippen LogP contribution is -2.47. The topological polar surface area (TPSA) is 128 Å². The number of carbonyl (C=O) groups excluding carboxylic acids is 3. The van der Waals surface area contributed by atoms with Crippen LogP contribution in [0.15, 0.2) is 54.9 Å². The van der Waals surface area contributed by atoms with Crippen LogP contribution in [0, 0.1) is 0 Å². The van der Waals surface area contributed by atoms with Crippen LogP contribution in [0.25, 0.3) is 11.3 Å². The van der Waals surface area contributed by atoms with E-state index in [-0.39, 0.29) is 12.1 Å². The molecule has 3 N–H and O–H groups in total. The van der Waals surface area contributed by atoms with E-state index in [0.717, 1.165) is 22.9 Å². The largest absolute Gasteiger partial charge is 0.363 e. The SMILES string of the molecule is NC(=O)C(=O)C(Cc1ccncc1)NC(=O)c1nsnc1-c1ccccc1. The Labute approximate surface area is 158 Å². The Hall–Kier alpha value is -3.46. The summed E-state index contributed by atoms with van der Waals surface area (Å²) >= 11 is 0.889. The van der Waals surface area contributed by atoms with Crippen LogP contribution >= 0.6 is 11.7 Å². The molecule has 1 unspecified atom stereocenters. The molecule has 0 fully saturated rings. The molecular weight excluding hydrogens is 366 g/mol. The van der Waals surface area contributed by atoms with Crippen LogP contribution in [-0.2, 0) is 16.0 Å². The molecular formula is C18H15N5O3S. The van der Waals surface area contributed by atoms with Gasteiger partial charge < -0.3 is 11.1 Å². The summed E-state index contributed by atoms with van der Waals surface area (Å²) in [5, 5.41) is 2.55. The van der Waals surface area contributed by atoms with Crippen molar-refractivity contribution >= 4 is 29.3 Å². The second kappa shape index (κ2) is 8.28. The molecule has 0 bridgehead atoms. The van der Waals surface area contributed by atoms with Gasteiger partial charge in [-0.1, -0.05) is 30.3 Å². The Balaban J connectivity index is 1.84. The molecule has 0 aliphatic heterocycles. The number of rotatable bonds is 7. The normalized spacial score (nSPS) is 11.6. The molecule has 136 valence electrons. The van der Waals surface area contributed by atoms with Gasteiger partial charge in [0.15, 0.2) is 5.69 Å². The van der Waals surface area contributed by atoms with Crippen LogP contribution in [0.3, 0.4) is 0 Å². The average molecular weight is 381 g/mol. The van der Waals surface area contributed by atoms with Gasteiger partial charge in [-0.05, 0) is 17.7 Å². The summed E-state index contributed by atoms with van der Waals surface area (Å²) in [6.45, 7) is 0. The number of amides is 2. The van der Waals surface area contributed by atoms with Crippen molar-refractivity contribution in [2.24, 2.45) is 5.73 Å². The number of pyridine rings is 1. The van der Waals surface area contributed by atoms with Crippen LogP contribution in [-0.4, -0.2) is 37.4 Å². The maximum atomic E-state index is 12.7. The molecule has 0 aliphatic carbocycles. The quantitative estimate of drug-likeness (QED) is 0.588. The van der Waals surface area contributed by atoms with Crippen molar-refractivity contribution in [3.05, 3.63) is 66.1 Å². The number of nitrogens with one attached hydrogen (secondary N) is 1. The number of ketones is 1. The molecule has 0 aliphatic rings. The molecule has 0 spiro atoms. The smallest absolute Gasteiger partial charge is 0.287 e. The first-order chi connectivity index (χ1) is 13.1. The first kappa shape index (κ1) is 18.3. The fraction of sp³-hybridized carbons (Fsp3) is 0.111. The summed E-state index contributed by atoms with van der Waals surface area (Å²) in [5.74, 6) is -2.60. The van der Waals surface area contributed by atoms with Gasteiger partial charge >= 0.3 is 0 Å². The number of aromatic nitrogens is 3. The second-order valence-electron chi connectivity index (χ2n) is 5.64. The van der Waals surface area contributed by atoms with Crippen molar-refractivity contribution in [2.45, 2.75) is 12.5 Å². The van der Waals surface area contributed by atoms with Gasteiger partial charge in [0, 0.05) is 24.4 Å². The highest BCUT2D eigenvalue weighted by Crippen LogP contribution is 2.21. The van der Waals surface area contributed by atoms with Gasteiger partial charge in [-0.25, -0.2) is 0 Å². The van der Waals surface area contributed by atoms with E-state index < -0.39 is 23.6 Å². The Morgan fingerprint density at radius 3 is 2.41 bits per heavy atom. The molecule has 2 amide bonds. The van der Waals surface area contributed by atoms with E-state index in [1.54, 1.807) is 36.7 Å². The van der Waals surface area contributed by atoms with Gasteiger partial charge in [0.05, 0.1) is 11.7 Å². The molecule has 27 heavy (non-hydrogen) atoms. The van der Waals surface area contributed by atoms with Gasteiger partial charge in [-0.2, -0.15) is 8.75 Å². The van der Waals surface area contributed by atoms with Crippen molar-refractivity contribution < 1.29 is 14.4 Å². The van der Waals surface area contributed by atoms with Crippen molar-refractivity contribution in [1.29, 1.82) is 0 Å². The third-order valence-electron chi connectivity index (χ3n) is 3.80. The number of benzene rings is 1. The second-order valence-corrected chi connectivity index (χ2v) is 6.17. The molecule has 8 nitrogen and oxygen atoms in total. The Kier molecular flexibility index (Phi) is 5.62. The number of carbonyl (C=O) groups is 3. The summed E-state index contributed by atoms with van der Waals surface area (Å²) in [4.78, 5) is 40.1. The minimum atomic E-state index is -1.12. The van der Waals surface area contributed by atoms with Crippen molar-refractivity contribution in [3.63, 3.8) is 0 Å². The highest BCUT2D eigenvalue weighted by Gasteiger charge is 2.28. The third-order valence-corrected chi connectivity index (χ3v) is 4.33. The predicted molar refractivity (Wildman–Crippen MR) is 98.7 cm³/mol. The average Bonchev–Trinajstić information content (AvgIpc) is 3.18. The summed E-state index contributed by atoms with van der Waals surface area (Å²) in [6, 6.07) is 11.4. The number of Topliss-reactive ketones (excluding diaryl/α,β-unsaturated/α-hetero) is 1. The molecule has 1 aromatic carbocycles. The van der Waals surface area contributed by atoms with E-state index in [2.05, 4.69) is 19.0 Å². The lowest BCUT2D eigenvalue weighted by atomic mass is 10.0. The van der Waals surface area contributed by atoms with Crippen molar-refractivity contribution in [3.8, 4) is 11.3 Å². The van der Waals surface area contributed by atoms with Crippen LogP contribution in [0.2, 0.25) is 0 Å². The van der Waals surface area contributed by atoms with E-state index in [4.69, 9.17) is 5.73 Å². The van der Waals surface area contributed by atoms with Gasteiger partial charge in [0.25, 0.3) is 11.8 Å². The van der Waals surface area contributed by atoms with Crippen LogP contribution < -0.4 is 11.1 Å². The first-order valence-corrected chi connectivity index (χ1v) is 8.70. The summed E-state index contributed by atoms with van der Waals surface area (Å²) < 4.78 is 8.20. The molecule has 3 aromatic rings. The molecule has 2 heterocycles. The number of hydrogen-bond donors (Lipinski definition) is 2. The third kappa shape index (κ3) is 4.39. The summed E-state index contributed by atoms with van der Waals surface area (Å²) in [5.41, 5.74) is 7.08. The van der Waals surface area contributed by atoms with E-state index in [1.807, 2.05) is 18.2 Å². The highest BCUT2D eigenvalue weighted by atomic mass is 32.1. The van der Waals surface area contributed by atoms with Crippen LogP contribution in [0.5, 0.6) is 0 Å². The summed E-state index contributed by atoms with van der Waals surface area (Å²) in [6.07, 6.45) is 3.22. The zero-order valence-electron chi connectivity index (χ0n) is 14.0. The Morgan fingerprint density at radius 1 is 1.04 bits per heavy atom. The number of nitrogens with zero attached hydrogens (tertiary/aromatic N) is 3. The molecule has 9 heteroatoms. The zero-order valence-corrected chi connectivity index (χ0v) is 14.8. The van der Waals surface area contributed by atoms with Crippen molar-refractivity contribution in [1.82, 2.24) is 19.0 Å². The monoisotopic (exact) mass is 381 g/mol. The number of nitrogens with two attached hydrogens (primary N) is 1. The zero-order chi connectivity index (χ0) is 19.2. The number of primary amides is 1. The molecule has 0 saturated heterocycles. The van der Waals surface area contributed by atoms with E-state index in [9.17, 15) is 14.4 Å². The molecule has 3 rings (SSSR count). The van der Waals surface area contributed by atoms with E-state index in [0.29, 0.717) is 5.69 Å². The minimum absolute atomic E-state index is 0.0863. The Morgan fingerprint density at radius 2 is 1.74 bits per heavy atom. The lowest BCUT2D eigenvalue weighted by Gasteiger charge is -2.16. The van der Waals surface area contributed by atoms with Gasteiger partial charge in [-0.3, -0.25) is 19.4 Å².